The predicted molar refractivity (Wildman–Crippen MR) is 216 cm³/mol. The minimum absolute atomic E-state index is 0.591. The highest BCUT2D eigenvalue weighted by Crippen LogP contribution is 2.46. The van der Waals surface area contributed by atoms with Gasteiger partial charge in [0.25, 0.3) is 0 Å². The van der Waals surface area contributed by atoms with Gasteiger partial charge < -0.3 is 0 Å². The zero-order valence-corrected chi connectivity index (χ0v) is 28.5. The number of fused-ring (bicyclic) bond motifs is 10. The third-order valence-electron chi connectivity index (χ3n) is 10.0. The van der Waals surface area contributed by atoms with E-state index in [9.17, 15) is 0 Å². The Kier molecular flexibility index (Phi) is 6.35. The third-order valence-corrected chi connectivity index (χ3v) is 11.2. The van der Waals surface area contributed by atoms with Crippen molar-refractivity contribution in [3.8, 4) is 40.0 Å². The van der Waals surface area contributed by atoms with Crippen molar-refractivity contribution >= 4 is 75.0 Å². The summed E-state index contributed by atoms with van der Waals surface area (Å²) in [6.07, 6.45) is 0. The van der Waals surface area contributed by atoms with Gasteiger partial charge in [-0.3, -0.25) is 4.57 Å². The molecule has 0 unspecified atom stereocenters. The number of thiophene rings is 1. The number of rotatable bonds is 4. The van der Waals surface area contributed by atoms with E-state index >= 15 is 0 Å². The summed E-state index contributed by atoms with van der Waals surface area (Å²) in [5.41, 5.74) is 7.12. The first-order valence-corrected chi connectivity index (χ1v) is 18.1. The molecule has 5 nitrogen and oxygen atoms in total. The summed E-state index contributed by atoms with van der Waals surface area (Å²) in [4.78, 5) is 20.9. The molecule has 0 spiro atoms. The maximum absolute atomic E-state index is 5.31. The van der Waals surface area contributed by atoms with E-state index in [1.807, 2.05) is 29.5 Å². The molecule has 11 rings (SSSR count). The molecular formula is C46H27N5S. The standard InChI is InChI=1S/C46H27N5S/c1-3-14-28(15-4-1)42-33-26-27-34-40-35(21-13-25-39(40)52-43(34)41(33)32-20-7-10-22-36(32)47-42)45-48-44(29-16-5-2-6-17-29)49-46(50-45)51-37-23-11-8-18-30(37)31-19-9-12-24-38(31)51/h1-27H. The molecule has 0 atom stereocenters. The van der Waals surface area contributed by atoms with Crippen LogP contribution in [0.4, 0.5) is 0 Å². The van der Waals surface area contributed by atoms with E-state index in [1.165, 1.54) is 20.2 Å². The molecule has 0 N–H and O–H groups in total. The van der Waals surface area contributed by atoms with Crippen LogP contribution in [0.25, 0.3) is 104 Å². The molecule has 0 amide bonds. The second-order valence-electron chi connectivity index (χ2n) is 13.0. The lowest BCUT2D eigenvalue weighted by atomic mass is 9.97. The summed E-state index contributed by atoms with van der Waals surface area (Å²) in [6.45, 7) is 0. The Morgan fingerprint density at radius 3 is 1.77 bits per heavy atom. The van der Waals surface area contributed by atoms with Crippen LogP contribution >= 0.6 is 11.3 Å². The highest BCUT2D eigenvalue weighted by molar-refractivity contribution is 7.27. The lowest BCUT2D eigenvalue weighted by Crippen LogP contribution is -2.06. The molecule has 52 heavy (non-hydrogen) atoms. The number of pyridine rings is 1. The number of hydrogen-bond donors (Lipinski definition) is 0. The van der Waals surface area contributed by atoms with Crippen molar-refractivity contribution in [3.05, 3.63) is 164 Å². The fourth-order valence-electron chi connectivity index (χ4n) is 7.76. The molecule has 4 aromatic heterocycles. The Bertz CT molecular complexity index is 3130. The first-order valence-electron chi connectivity index (χ1n) is 17.3. The highest BCUT2D eigenvalue weighted by Gasteiger charge is 2.21. The van der Waals surface area contributed by atoms with Crippen molar-refractivity contribution in [2.24, 2.45) is 0 Å². The number of para-hydroxylation sites is 3. The van der Waals surface area contributed by atoms with Crippen LogP contribution in [0.1, 0.15) is 0 Å². The van der Waals surface area contributed by atoms with E-state index in [0.29, 0.717) is 17.6 Å². The van der Waals surface area contributed by atoms with Crippen molar-refractivity contribution in [3.63, 3.8) is 0 Å². The van der Waals surface area contributed by atoms with Crippen molar-refractivity contribution < 1.29 is 0 Å². The largest absolute Gasteiger partial charge is 0.278 e. The average molecular weight is 682 g/mol. The van der Waals surface area contributed by atoms with Crippen molar-refractivity contribution in [2.75, 3.05) is 0 Å². The Morgan fingerprint density at radius 1 is 0.404 bits per heavy atom. The minimum atomic E-state index is 0.591. The predicted octanol–water partition coefficient (Wildman–Crippen LogP) is 12.0. The molecule has 0 aliphatic rings. The lowest BCUT2D eigenvalue weighted by molar-refractivity contribution is 0.954. The van der Waals surface area contributed by atoms with Gasteiger partial charge in [0.15, 0.2) is 11.6 Å². The first-order chi connectivity index (χ1) is 25.8. The van der Waals surface area contributed by atoms with Crippen LogP contribution in [0, 0.1) is 0 Å². The fraction of sp³-hybridized carbons (Fsp3) is 0. The zero-order chi connectivity index (χ0) is 34.2. The minimum Gasteiger partial charge on any atom is -0.278 e. The molecule has 0 fully saturated rings. The van der Waals surface area contributed by atoms with Crippen LogP contribution in [0.3, 0.4) is 0 Å². The van der Waals surface area contributed by atoms with E-state index in [4.69, 9.17) is 19.9 Å². The number of hydrogen-bond acceptors (Lipinski definition) is 5. The Morgan fingerprint density at radius 2 is 1.02 bits per heavy atom. The van der Waals surface area contributed by atoms with Gasteiger partial charge in [-0.15, -0.1) is 11.3 Å². The molecule has 0 aliphatic carbocycles. The van der Waals surface area contributed by atoms with E-state index in [-0.39, 0.29) is 0 Å². The van der Waals surface area contributed by atoms with Gasteiger partial charge in [0.1, 0.15) is 0 Å². The zero-order valence-electron chi connectivity index (χ0n) is 27.7. The van der Waals surface area contributed by atoms with Gasteiger partial charge in [-0.2, -0.15) is 9.97 Å². The SMILES string of the molecule is c1ccc(-c2nc(-c3cccc4sc5c(ccc6c(-c7ccccc7)nc7ccccc7c65)c34)nc(-n3c4ccccc4c4ccccc43)n2)cc1. The molecule has 0 saturated carbocycles. The van der Waals surface area contributed by atoms with Crippen LogP contribution in [0.5, 0.6) is 0 Å². The van der Waals surface area contributed by atoms with Crippen LogP contribution in [0.15, 0.2) is 164 Å². The maximum Gasteiger partial charge on any atom is 0.238 e. The summed E-state index contributed by atoms with van der Waals surface area (Å²) < 4.78 is 4.59. The van der Waals surface area contributed by atoms with Crippen molar-refractivity contribution in [1.29, 1.82) is 0 Å². The summed E-state index contributed by atoms with van der Waals surface area (Å²) >= 11 is 1.82. The molecule has 0 saturated heterocycles. The molecule has 0 aliphatic heterocycles. The van der Waals surface area contributed by atoms with Crippen LogP contribution in [0.2, 0.25) is 0 Å². The van der Waals surface area contributed by atoms with Gasteiger partial charge in [-0.05, 0) is 24.3 Å². The normalized spacial score (nSPS) is 11.8. The molecule has 6 heteroatoms. The van der Waals surface area contributed by atoms with Crippen molar-refractivity contribution in [1.82, 2.24) is 24.5 Å². The molecule has 242 valence electrons. The van der Waals surface area contributed by atoms with Crippen molar-refractivity contribution in [2.45, 2.75) is 0 Å². The average Bonchev–Trinajstić information content (AvgIpc) is 3.77. The summed E-state index contributed by atoms with van der Waals surface area (Å²) in [6, 6.07) is 57.1. The topological polar surface area (TPSA) is 56.5 Å². The van der Waals surface area contributed by atoms with Crippen LogP contribution in [-0.2, 0) is 0 Å². The molecule has 7 aromatic carbocycles. The second kappa shape index (κ2) is 11.4. The van der Waals surface area contributed by atoms with Gasteiger partial charge in [-0.25, -0.2) is 9.97 Å². The maximum atomic E-state index is 5.31. The summed E-state index contributed by atoms with van der Waals surface area (Å²) in [5, 5.41) is 8.16. The first kappa shape index (κ1) is 29.0. The van der Waals surface area contributed by atoms with Gasteiger partial charge in [0.05, 0.1) is 22.2 Å². The van der Waals surface area contributed by atoms with Gasteiger partial charge in [0.2, 0.25) is 5.95 Å². The Hall–Kier alpha value is -6.76. The molecular weight excluding hydrogens is 655 g/mol. The fourth-order valence-corrected chi connectivity index (χ4v) is 9.05. The Labute approximate surface area is 302 Å². The lowest BCUT2D eigenvalue weighted by Gasteiger charge is -2.12. The smallest absolute Gasteiger partial charge is 0.238 e. The second-order valence-corrected chi connectivity index (χ2v) is 14.1. The van der Waals surface area contributed by atoms with Gasteiger partial charge >= 0.3 is 0 Å². The molecule has 0 radical (unpaired) electrons. The molecule has 4 heterocycles. The quantitative estimate of drug-likeness (QED) is 0.174. The number of benzene rings is 7. The van der Waals surface area contributed by atoms with E-state index in [0.717, 1.165) is 65.9 Å². The molecule has 11 aromatic rings. The van der Waals surface area contributed by atoms with Crippen LogP contribution in [-0.4, -0.2) is 24.5 Å². The van der Waals surface area contributed by atoms with E-state index in [2.05, 4.69) is 150 Å². The van der Waals surface area contributed by atoms with E-state index < -0.39 is 0 Å². The summed E-state index contributed by atoms with van der Waals surface area (Å²) in [7, 11) is 0. The monoisotopic (exact) mass is 681 g/mol. The van der Waals surface area contributed by atoms with Gasteiger partial charge in [-0.1, -0.05) is 140 Å². The summed E-state index contributed by atoms with van der Waals surface area (Å²) in [5.74, 6) is 1.86. The molecule has 0 bridgehead atoms. The number of nitrogens with zero attached hydrogens (tertiary/aromatic N) is 5. The van der Waals surface area contributed by atoms with Crippen LogP contribution < -0.4 is 0 Å². The highest BCUT2D eigenvalue weighted by atomic mass is 32.1. The van der Waals surface area contributed by atoms with Gasteiger partial charge in [0, 0.05) is 63.8 Å². The van der Waals surface area contributed by atoms with E-state index in [1.54, 1.807) is 0 Å². The number of aromatic nitrogens is 5. The third kappa shape index (κ3) is 4.35. The Balaban J connectivity index is 1.22.